The molecule has 0 atom stereocenters. The molecule has 26 heavy (non-hydrogen) atoms. The summed E-state index contributed by atoms with van der Waals surface area (Å²) in [5, 5.41) is 12.5. The molecule has 1 aromatic carbocycles. The summed E-state index contributed by atoms with van der Waals surface area (Å²) in [6.45, 7) is 9.15. The van der Waals surface area contributed by atoms with Crippen LogP contribution >= 0.6 is 11.8 Å². The Hall–Kier alpha value is -2.02. The Kier molecular flexibility index (Phi) is 6.19. The highest BCUT2D eigenvalue weighted by atomic mass is 32.2. The average Bonchev–Trinajstić information content (AvgIpc) is 3.37. The molecule has 0 bridgehead atoms. The maximum atomic E-state index is 11.9. The minimum Gasteiger partial charge on any atom is -0.372 e. The van der Waals surface area contributed by atoms with Gasteiger partial charge in [0, 0.05) is 36.9 Å². The van der Waals surface area contributed by atoms with Gasteiger partial charge in [-0.2, -0.15) is 0 Å². The zero-order chi connectivity index (χ0) is 18.5. The van der Waals surface area contributed by atoms with Crippen molar-refractivity contribution in [1.29, 1.82) is 0 Å². The number of thioether (sulfide) groups is 1. The van der Waals surface area contributed by atoms with Gasteiger partial charge in [0.2, 0.25) is 5.91 Å². The normalized spacial score (nSPS) is 13.7. The Morgan fingerprint density at radius 1 is 1.19 bits per heavy atom. The standard InChI is InChI=1S/C19H27N5OS/c1-4-23(5-2)16-11-7-14(8-12-16)18-21-22-19(24(18)6-3)26-13-17(25)20-15-9-10-15/h7-8,11-12,15H,4-6,9-10,13H2,1-3H3,(H,20,25). The fraction of sp³-hybridized carbons (Fsp3) is 0.526. The maximum Gasteiger partial charge on any atom is 0.230 e. The topological polar surface area (TPSA) is 63.1 Å². The van der Waals surface area contributed by atoms with Crippen LogP contribution in [0.15, 0.2) is 29.4 Å². The molecular weight excluding hydrogens is 346 g/mol. The lowest BCUT2D eigenvalue weighted by molar-refractivity contribution is -0.118. The third kappa shape index (κ3) is 4.38. The van der Waals surface area contributed by atoms with Crippen LogP contribution < -0.4 is 10.2 Å². The van der Waals surface area contributed by atoms with Crippen LogP contribution in [0.1, 0.15) is 33.6 Å². The smallest absolute Gasteiger partial charge is 0.230 e. The van der Waals surface area contributed by atoms with Crippen LogP contribution in [0.2, 0.25) is 0 Å². The van der Waals surface area contributed by atoms with Gasteiger partial charge in [-0.3, -0.25) is 4.79 Å². The van der Waals surface area contributed by atoms with Gasteiger partial charge in [0.25, 0.3) is 0 Å². The highest BCUT2D eigenvalue weighted by Gasteiger charge is 2.23. The largest absolute Gasteiger partial charge is 0.372 e. The van der Waals surface area contributed by atoms with E-state index in [2.05, 4.69) is 70.0 Å². The molecule has 1 amide bonds. The van der Waals surface area contributed by atoms with Gasteiger partial charge >= 0.3 is 0 Å². The van der Waals surface area contributed by atoms with Gasteiger partial charge in [-0.05, 0) is 57.9 Å². The third-order valence-corrected chi connectivity index (χ3v) is 5.53. The summed E-state index contributed by atoms with van der Waals surface area (Å²) in [6, 6.07) is 8.85. The van der Waals surface area contributed by atoms with Crippen LogP contribution in [0.5, 0.6) is 0 Å². The molecule has 3 rings (SSSR count). The van der Waals surface area contributed by atoms with Crippen molar-refractivity contribution in [2.75, 3.05) is 23.7 Å². The molecule has 1 fully saturated rings. The Morgan fingerprint density at radius 2 is 1.88 bits per heavy atom. The zero-order valence-electron chi connectivity index (χ0n) is 15.7. The minimum atomic E-state index is 0.0771. The van der Waals surface area contributed by atoms with Gasteiger partial charge in [-0.15, -0.1) is 10.2 Å². The van der Waals surface area contributed by atoms with Crippen molar-refractivity contribution in [2.45, 2.75) is 51.4 Å². The minimum absolute atomic E-state index is 0.0771. The lowest BCUT2D eigenvalue weighted by atomic mass is 10.2. The van der Waals surface area contributed by atoms with Gasteiger partial charge in [0.1, 0.15) is 0 Å². The number of amides is 1. The molecule has 1 aromatic heterocycles. The third-order valence-electron chi connectivity index (χ3n) is 4.56. The number of nitrogens with one attached hydrogen (secondary N) is 1. The van der Waals surface area contributed by atoms with E-state index < -0.39 is 0 Å². The quantitative estimate of drug-likeness (QED) is 0.684. The van der Waals surface area contributed by atoms with Crippen LogP contribution in [-0.2, 0) is 11.3 Å². The SMILES string of the molecule is CCN(CC)c1ccc(-c2nnc(SCC(=O)NC3CC3)n2CC)cc1. The molecule has 0 radical (unpaired) electrons. The Balaban J connectivity index is 1.71. The molecule has 0 unspecified atom stereocenters. The number of carbonyl (C=O) groups is 1. The molecule has 140 valence electrons. The summed E-state index contributed by atoms with van der Waals surface area (Å²) >= 11 is 1.45. The van der Waals surface area contributed by atoms with Crippen molar-refractivity contribution in [3.8, 4) is 11.4 Å². The van der Waals surface area contributed by atoms with E-state index in [0.29, 0.717) is 11.8 Å². The molecule has 0 saturated heterocycles. The lowest BCUT2D eigenvalue weighted by Crippen LogP contribution is -2.27. The second kappa shape index (κ2) is 8.58. The summed E-state index contributed by atoms with van der Waals surface area (Å²) in [7, 11) is 0. The summed E-state index contributed by atoms with van der Waals surface area (Å²) in [4.78, 5) is 14.2. The van der Waals surface area contributed by atoms with Crippen molar-refractivity contribution < 1.29 is 4.79 Å². The average molecular weight is 374 g/mol. The fourth-order valence-corrected chi connectivity index (χ4v) is 3.74. The first-order valence-electron chi connectivity index (χ1n) is 9.37. The lowest BCUT2D eigenvalue weighted by Gasteiger charge is -2.21. The van der Waals surface area contributed by atoms with Gasteiger partial charge in [-0.1, -0.05) is 11.8 Å². The van der Waals surface area contributed by atoms with E-state index in [1.165, 1.54) is 17.4 Å². The van der Waals surface area contributed by atoms with Crippen molar-refractivity contribution in [3.63, 3.8) is 0 Å². The van der Waals surface area contributed by atoms with Gasteiger partial charge in [0.05, 0.1) is 5.75 Å². The highest BCUT2D eigenvalue weighted by Crippen LogP contribution is 2.26. The molecule has 1 saturated carbocycles. The summed E-state index contributed by atoms with van der Waals surface area (Å²) in [6.07, 6.45) is 2.21. The zero-order valence-corrected chi connectivity index (χ0v) is 16.6. The number of carbonyl (C=O) groups excluding carboxylic acids is 1. The molecule has 0 spiro atoms. The van der Waals surface area contributed by atoms with Crippen LogP contribution in [0.25, 0.3) is 11.4 Å². The van der Waals surface area contributed by atoms with Crippen LogP contribution in [0.3, 0.4) is 0 Å². The number of anilines is 1. The fourth-order valence-electron chi connectivity index (χ4n) is 2.93. The van der Waals surface area contributed by atoms with Crippen molar-refractivity contribution in [1.82, 2.24) is 20.1 Å². The number of rotatable bonds is 9. The maximum absolute atomic E-state index is 11.9. The second-order valence-corrected chi connectivity index (χ2v) is 7.34. The first kappa shape index (κ1) is 18.8. The van der Waals surface area contributed by atoms with Crippen molar-refractivity contribution >= 4 is 23.4 Å². The van der Waals surface area contributed by atoms with Crippen LogP contribution in [-0.4, -0.2) is 45.6 Å². The van der Waals surface area contributed by atoms with Gasteiger partial charge in [-0.25, -0.2) is 0 Å². The number of benzene rings is 1. The number of nitrogens with zero attached hydrogens (tertiary/aromatic N) is 4. The van der Waals surface area contributed by atoms with Gasteiger partial charge < -0.3 is 14.8 Å². The van der Waals surface area contributed by atoms with E-state index in [9.17, 15) is 4.79 Å². The van der Waals surface area contributed by atoms with Crippen LogP contribution in [0.4, 0.5) is 5.69 Å². The number of aromatic nitrogens is 3. The summed E-state index contributed by atoms with van der Waals surface area (Å²) < 4.78 is 2.07. The Labute approximate surface area is 159 Å². The first-order valence-corrected chi connectivity index (χ1v) is 10.4. The van der Waals surface area contributed by atoms with E-state index >= 15 is 0 Å². The molecule has 1 N–H and O–H groups in total. The first-order chi connectivity index (χ1) is 12.7. The van der Waals surface area contributed by atoms with E-state index in [4.69, 9.17) is 0 Å². The Morgan fingerprint density at radius 3 is 2.46 bits per heavy atom. The van der Waals surface area contributed by atoms with Crippen LogP contribution in [0, 0.1) is 0 Å². The second-order valence-electron chi connectivity index (χ2n) is 6.40. The molecule has 2 aromatic rings. The predicted molar refractivity (Wildman–Crippen MR) is 107 cm³/mol. The Bertz CT molecular complexity index is 735. The number of hydrogen-bond acceptors (Lipinski definition) is 5. The highest BCUT2D eigenvalue weighted by molar-refractivity contribution is 7.99. The van der Waals surface area contributed by atoms with Crippen molar-refractivity contribution in [3.05, 3.63) is 24.3 Å². The molecule has 0 aliphatic heterocycles. The monoisotopic (exact) mass is 373 g/mol. The molecule has 6 nitrogen and oxygen atoms in total. The molecular formula is C19H27N5OS. The molecule has 7 heteroatoms. The predicted octanol–water partition coefficient (Wildman–Crippen LogP) is 3.18. The van der Waals surface area contributed by atoms with E-state index in [1.807, 2.05) is 0 Å². The summed E-state index contributed by atoms with van der Waals surface area (Å²) in [5.41, 5.74) is 2.26. The number of hydrogen-bond donors (Lipinski definition) is 1. The van der Waals surface area contributed by atoms with E-state index in [1.54, 1.807) is 0 Å². The molecule has 1 heterocycles. The molecule has 1 aliphatic rings. The van der Waals surface area contributed by atoms with Gasteiger partial charge in [0.15, 0.2) is 11.0 Å². The van der Waals surface area contributed by atoms with E-state index in [0.717, 1.165) is 49.0 Å². The van der Waals surface area contributed by atoms with Crippen molar-refractivity contribution in [2.24, 2.45) is 0 Å². The molecule has 1 aliphatic carbocycles. The summed E-state index contributed by atoms with van der Waals surface area (Å²) in [5.74, 6) is 1.31. The van der Waals surface area contributed by atoms with E-state index in [-0.39, 0.29) is 5.91 Å².